The molecule has 1 amide bonds. The van der Waals surface area contributed by atoms with Crippen molar-refractivity contribution in [1.82, 2.24) is 19.4 Å². The van der Waals surface area contributed by atoms with Crippen LogP contribution in [0.1, 0.15) is 36.1 Å². The number of primary amides is 1. The van der Waals surface area contributed by atoms with Gasteiger partial charge in [0, 0.05) is 11.9 Å². The first kappa shape index (κ1) is 22.6. The molecule has 4 aromatic rings. The molecule has 0 aliphatic rings. The predicted molar refractivity (Wildman–Crippen MR) is 122 cm³/mol. The Morgan fingerprint density at radius 3 is 2.79 bits per heavy atom. The Hall–Kier alpha value is -4.59. The number of halogens is 2. The van der Waals surface area contributed by atoms with E-state index in [2.05, 4.69) is 25.6 Å². The third-order valence-electron chi connectivity index (χ3n) is 5.15. The van der Waals surface area contributed by atoms with Crippen molar-refractivity contribution in [2.45, 2.75) is 19.4 Å². The Labute approximate surface area is 193 Å². The van der Waals surface area contributed by atoms with Gasteiger partial charge in [0.25, 0.3) is 6.43 Å². The van der Waals surface area contributed by atoms with Crippen molar-refractivity contribution >= 4 is 23.2 Å². The number of imidazole rings is 1. The van der Waals surface area contributed by atoms with Gasteiger partial charge in [-0.15, -0.1) is 0 Å². The van der Waals surface area contributed by atoms with Crippen LogP contribution in [-0.2, 0) is 4.79 Å². The maximum absolute atomic E-state index is 13.4. The zero-order valence-corrected chi connectivity index (χ0v) is 18.0. The van der Waals surface area contributed by atoms with E-state index in [4.69, 9.17) is 5.73 Å². The first-order chi connectivity index (χ1) is 16.4. The van der Waals surface area contributed by atoms with E-state index in [1.165, 1.54) is 28.9 Å². The summed E-state index contributed by atoms with van der Waals surface area (Å²) < 4.78 is 28.2. The van der Waals surface area contributed by atoms with E-state index in [-0.39, 0.29) is 41.0 Å². The van der Waals surface area contributed by atoms with Gasteiger partial charge < -0.3 is 16.4 Å². The van der Waals surface area contributed by atoms with Gasteiger partial charge in [-0.05, 0) is 36.8 Å². The van der Waals surface area contributed by atoms with E-state index in [0.717, 1.165) is 11.3 Å². The van der Waals surface area contributed by atoms with Crippen molar-refractivity contribution in [3.8, 4) is 17.5 Å². The number of amides is 1. The fourth-order valence-electron chi connectivity index (χ4n) is 3.49. The largest absolute Gasteiger partial charge is 0.376 e. The number of nitriles is 1. The zero-order valence-electron chi connectivity index (χ0n) is 18.0. The number of rotatable bonds is 8. The summed E-state index contributed by atoms with van der Waals surface area (Å²) in [5.74, 6) is -0.222. The van der Waals surface area contributed by atoms with Crippen LogP contribution in [-0.4, -0.2) is 31.8 Å². The summed E-state index contributed by atoms with van der Waals surface area (Å²) in [6.45, 7) is 1.91. The van der Waals surface area contributed by atoms with Crippen molar-refractivity contribution in [3.05, 3.63) is 71.7 Å². The third-order valence-corrected chi connectivity index (χ3v) is 5.15. The van der Waals surface area contributed by atoms with Crippen LogP contribution in [0.15, 0.2) is 55.0 Å². The smallest absolute Gasteiger partial charge is 0.267 e. The lowest BCUT2D eigenvalue weighted by Gasteiger charge is -2.16. The Bertz CT molecular complexity index is 1400. The molecule has 3 aromatic heterocycles. The lowest BCUT2D eigenvalue weighted by molar-refractivity contribution is -0.116. The topological polar surface area (TPSA) is 134 Å². The number of carbonyl (C=O) groups excluding carboxylic acids is 1. The zero-order chi connectivity index (χ0) is 24.2. The molecule has 0 saturated carbocycles. The fraction of sp³-hybridized carbons (Fsp3) is 0.174. The lowest BCUT2D eigenvalue weighted by Crippen LogP contribution is -2.21. The minimum atomic E-state index is -2.69. The summed E-state index contributed by atoms with van der Waals surface area (Å²) in [7, 11) is 0. The van der Waals surface area contributed by atoms with Gasteiger partial charge in [-0.2, -0.15) is 5.26 Å². The van der Waals surface area contributed by atoms with Gasteiger partial charge in [-0.3, -0.25) is 9.20 Å². The monoisotopic (exact) mass is 462 g/mol. The molecule has 1 aromatic carbocycles. The first-order valence-electron chi connectivity index (χ1n) is 10.3. The molecule has 0 unspecified atom stereocenters. The number of nitrogens with zero attached hydrogens (tertiary/aromatic N) is 5. The second-order valence-corrected chi connectivity index (χ2v) is 7.48. The molecule has 1 atom stereocenters. The fourth-order valence-corrected chi connectivity index (χ4v) is 3.49. The molecule has 4 N–H and O–H groups in total. The molecule has 0 aliphatic heterocycles. The summed E-state index contributed by atoms with van der Waals surface area (Å²) in [5, 5.41) is 15.7. The number of alkyl halides is 2. The molecule has 3 heterocycles. The van der Waals surface area contributed by atoms with E-state index in [1.54, 1.807) is 6.20 Å². The lowest BCUT2D eigenvalue weighted by atomic mass is 10.1. The highest BCUT2D eigenvalue weighted by molar-refractivity contribution is 5.78. The number of carbonyl (C=O) groups is 1. The molecular formula is C23H20F2N8O. The minimum Gasteiger partial charge on any atom is -0.376 e. The molecule has 11 heteroatoms. The van der Waals surface area contributed by atoms with Crippen LogP contribution in [0.5, 0.6) is 0 Å². The molecule has 9 nitrogen and oxygen atoms in total. The predicted octanol–water partition coefficient (Wildman–Crippen LogP) is 3.67. The second kappa shape index (κ2) is 9.50. The van der Waals surface area contributed by atoms with E-state index in [9.17, 15) is 18.8 Å². The first-order valence-corrected chi connectivity index (χ1v) is 10.3. The molecule has 34 heavy (non-hydrogen) atoms. The molecule has 0 radical (unpaired) electrons. The van der Waals surface area contributed by atoms with Crippen LogP contribution in [0.2, 0.25) is 0 Å². The molecule has 0 aliphatic carbocycles. The summed E-state index contributed by atoms with van der Waals surface area (Å²) in [6, 6.07) is 12.0. The third kappa shape index (κ3) is 4.61. The number of hydrogen-bond acceptors (Lipinski definition) is 7. The number of aromatic nitrogens is 4. The number of nitrogens with one attached hydrogen (secondary N) is 2. The Kier molecular flexibility index (Phi) is 6.31. The number of pyridine rings is 1. The van der Waals surface area contributed by atoms with Gasteiger partial charge in [0.2, 0.25) is 11.9 Å². The van der Waals surface area contributed by atoms with E-state index in [0.29, 0.717) is 5.69 Å². The molecule has 4 rings (SSSR count). The standard InChI is InChI=1S/C23H20F2N8O/c1-13(14-4-2-5-16(8-14)28-12-19(27)34)31-23-30-10-15(9-26)20(32-23)18-11-29-22-17(21(24)25)6-3-7-33(18)22/h2-8,10-11,13,21,28H,12H2,1H3,(H2,27,34)(H,30,31,32)/t13-/m0/s1. The Morgan fingerprint density at radius 1 is 1.24 bits per heavy atom. The van der Waals surface area contributed by atoms with Gasteiger partial charge in [0.05, 0.1) is 41.8 Å². The summed E-state index contributed by atoms with van der Waals surface area (Å²) in [5.41, 5.74) is 7.52. The number of nitrogens with two attached hydrogens (primary N) is 1. The number of fused-ring (bicyclic) bond motifs is 1. The average Bonchev–Trinajstić information content (AvgIpc) is 3.27. The molecule has 0 bridgehead atoms. The summed E-state index contributed by atoms with van der Waals surface area (Å²) in [4.78, 5) is 23.8. The number of hydrogen-bond donors (Lipinski definition) is 3. The normalized spacial score (nSPS) is 11.9. The minimum absolute atomic E-state index is 0.0138. The Morgan fingerprint density at radius 2 is 2.06 bits per heavy atom. The van der Waals surface area contributed by atoms with Gasteiger partial charge in [0.1, 0.15) is 17.4 Å². The maximum Gasteiger partial charge on any atom is 0.267 e. The van der Waals surface area contributed by atoms with Crippen molar-refractivity contribution in [2.75, 3.05) is 17.2 Å². The van der Waals surface area contributed by atoms with Crippen LogP contribution in [0.25, 0.3) is 17.0 Å². The molecular weight excluding hydrogens is 442 g/mol. The SMILES string of the molecule is C[C@H](Nc1ncc(C#N)c(-c2cnc3c(C(F)F)cccn23)n1)c1cccc(NCC(N)=O)c1. The van der Waals surface area contributed by atoms with Crippen molar-refractivity contribution in [3.63, 3.8) is 0 Å². The molecule has 0 spiro atoms. The summed E-state index contributed by atoms with van der Waals surface area (Å²) in [6.07, 6.45) is 1.68. The molecule has 0 fully saturated rings. The highest BCUT2D eigenvalue weighted by Crippen LogP contribution is 2.29. The van der Waals surface area contributed by atoms with Gasteiger partial charge in [0.15, 0.2) is 0 Å². The van der Waals surface area contributed by atoms with E-state index < -0.39 is 12.3 Å². The van der Waals surface area contributed by atoms with Crippen molar-refractivity contribution in [1.29, 1.82) is 5.26 Å². The van der Waals surface area contributed by atoms with Gasteiger partial charge in [-0.25, -0.2) is 23.7 Å². The van der Waals surface area contributed by atoms with Gasteiger partial charge in [-0.1, -0.05) is 12.1 Å². The van der Waals surface area contributed by atoms with Crippen LogP contribution in [0.4, 0.5) is 20.4 Å². The summed E-state index contributed by atoms with van der Waals surface area (Å²) >= 11 is 0. The number of anilines is 2. The highest BCUT2D eigenvalue weighted by atomic mass is 19.3. The molecule has 172 valence electrons. The van der Waals surface area contributed by atoms with E-state index in [1.807, 2.05) is 37.3 Å². The Balaban J connectivity index is 1.65. The van der Waals surface area contributed by atoms with E-state index >= 15 is 0 Å². The number of benzene rings is 1. The van der Waals surface area contributed by atoms with Crippen LogP contribution in [0, 0.1) is 11.3 Å². The van der Waals surface area contributed by atoms with Crippen LogP contribution < -0.4 is 16.4 Å². The van der Waals surface area contributed by atoms with Crippen molar-refractivity contribution < 1.29 is 13.6 Å². The van der Waals surface area contributed by atoms with Gasteiger partial charge >= 0.3 is 0 Å². The highest BCUT2D eigenvalue weighted by Gasteiger charge is 2.19. The van der Waals surface area contributed by atoms with Crippen LogP contribution >= 0.6 is 0 Å². The van der Waals surface area contributed by atoms with Crippen LogP contribution in [0.3, 0.4) is 0 Å². The maximum atomic E-state index is 13.4. The molecule has 0 saturated heterocycles. The average molecular weight is 462 g/mol. The van der Waals surface area contributed by atoms with Crippen molar-refractivity contribution in [2.24, 2.45) is 5.73 Å². The quantitative estimate of drug-likeness (QED) is 0.364. The second-order valence-electron chi connectivity index (χ2n) is 7.48.